The largest absolute Gasteiger partial charge is 0.309 e. The van der Waals surface area contributed by atoms with Crippen molar-refractivity contribution in [3.05, 3.63) is 89.1 Å². The van der Waals surface area contributed by atoms with E-state index >= 15 is 0 Å². The fraction of sp³-hybridized carbons (Fsp3) is 0.100. The van der Waals surface area contributed by atoms with Crippen molar-refractivity contribution >= 4 is 5.57 Å². The molecule has 5 heteroatoms. The summed E-state index contributed by atoms with van der Waals surface area (Å²) in [6.07, 6.45) is 3.52. The zero-order chi connectivity index (χ0) is 17.2. The molecule has 1 aliphatic heterocycles. The summed E-state index contributed by atoms with van der Waals surface area (Å²) in [4.78, 5) is 0. The van der Waals surface area contributed by atoms with Crippen molar-refractivity contribution in [2.45, 2.75) is 6.54 Å². The number of nitrogens with zero attached hydrogens (tertiary/aromatic N) is 2. The standard InChI is InChI=1S/C20H15F2N3/c21-15-4-6-19(22)18(11-15)17-7-9-23-12-14-10-13(3-5-16(14)17)20-2-1-8-24-25-20/h1-8,10-11,23H,9,12H2. The van der Waals surface area contributed by atoms with Crippen molar-refractivity contribution in [2.24, 2.45) is 0 Å². The van der Waals surface area contributed by atoms with Crippen LogP contribution in [0.3, 0.4) is 0 Å². The number of fused-ring (bicyclic) bond motifs is 1. The Morgan fingerprint density at radius 1 is 0.960 bits per heavy atom. The highest BCUT2D eigenvalue weighted by Crippen LogP contribution is 2.32. The third kappa shape index (κ3) is 3.06. The Morgan fingerprint density at radius 3 is 2.72 bits per heavy atom. The number of hydrogen-bond acceptors (Lipinski definition) is 3. The Labute approximate surface area is 144 Å². The third-order valence-corrected chi connectivity index (χ3v) is 4.25. The van der Waals surface area contributed by atoms with E-state index in [1.807, 2.05) is 36.4 Å². The lowest BCUT2D eigenvalue weighted by Gasteiger charge is -2.13. The van der Waals surface area contributed by atoms with Gasteiger partial charge < -0.3 is 5.32 Å². The maximum absolute atomic E-state index is 14.3. The van der Waals surface area contributed by atoms with Gasteiger partial charge >= 0.3 is 0 Å². The minimum atomic E-state index is -0.452. The fourth-order valence-corrected chi connectivity index (χ4v) is 3.07. The number of hydrogen-bond donors (Lipinski definition) is 1. The van der Waals surface area contributed by atoms with E-state index in [0.29, 0.717) is 18.7 Å². The molecule has 25 heavy (non-hydrogen) atoms. The Balaban J connectivity index is 1.83. The summed E-state index contributed by atoms with van der Waals surface area (Å²) < 4.78 is 27.9. The molecule has 1 aliphatic rings. The van der Waals surface area contributed by atoms with Crippen molar-refractivity contribution in [2.75, 3.05) is 6.54 Å². The van der Waals surface area contributed by atoms with Crippen LogP contribution in [-0.4, -0.2) is 16.7 Å². The van der Waals surface area contributed by atoms with Crippen LogP contribution in [0.15, 0.2) is 60.8 Å². The Hall–Kier alpha value is -2.92. The van der Waals surface area contributed by atoms with Crippen molar-refractivity contribution in [1.29, 1.82) is 0 Å². The number of benzene rings is 2. The van der Waals surface area contributed by atoms with Crippen molar-refractivity contribution in [3.63, 3.8) is 0 Å². The van der Waals surface area contributed by atoms with Crippen LogP contribution >= 0.6 is 0 Å². The van der Waals surface area contributed by atoms with E-state index in [1.54, 1.807) is 6.20 Å². The van der Waals surface area contributed by atoms with Gasteiger partial charge in [-0.25, -0.2) is 8.78 Å². The molecule has 0 saturated heterocycles. The lowest BCUT2D eigenvalue weighted by atomic mass is 9.92. The van der Waals surface area contributed by atoms with Gasteiger partial charge in [0, 0.05) is 30.4 Å². The second kappa shape index (κ2) is 6.53. The molecular formula is C20H15F2N3. The predicted molar refractivity (Wildman–Crippen MR) is 92.6 cm³/mol. The third-order valence-electron chi connectivity index (χ3n) is 4.25. The van der Waals surface area contributed by atoms with E-state index in [9.17, 15) is 8.78 Å². The summed E-state index contributed by atoms with van der Waals surface area (Å²) in [6, 6.07) is 13.1. The van der Waals surface area contributed by atoms with Gasteiger partial charge in [0.05, 0.1) is 5.69 Å². The average molecular weight is 335 g/mol. The molecular weight excluding hydrogens is 320 g/mol. The molecule has 0 saturated carbocycles. The Bertz CT molecular complexity index is 952. The van der Waals surface area contributed by atoms with Gasteiger partial charge in [0.15, 0.2) is 0 Å². The smallest absolute Gasteiger partial charge is 0.131 e. The van der Waals surface area contributed by atoms with Crippen LogP contribution in [0.25, 0.3) is 16.8 Å². The van der Waals surface area contributed by atoms with Gasteiger partial charge in [-0.15, -0.1) is 0 Å². The second-order valence-corrected chi connectivity index (χ2v) is 5.85. The summed E-state index contributed by atoms with van der Waals surface area (Å²) in [5.74, 6) is -0.884. The lowest BCUT2D eigenvalue weighted by Crippen LogP contribution is -2.11. The minimum absolute atomic E-state index is 0.275. The van der Waals surface area contributed by atoms with E-state index < -0.39 is 11.6 Å². The molecule has 2 heterocycles. The zero-order valence-electron chi connectivity index (χ0n) is 13.3. The second-order valence-electron chi connectivity index (χ2n) is 5.85. The van der Waals surface area contributed by atoms with E-state index in [1.165, 1.54) is 6.07 Å². The topological polar surface area (TPSA) is 37.8 Å². The first-order valence-electron chi connectivity index (χ1n) is 8.00. The molecule has 0 atom stereocenters. The van der Waals surface area contributed by atoms with Crippen molar-refractivity contribution < 1.29 is 8.78 Å². The number of nitrogens with one attached hydrogen (secondary N) is 1. The summed E-state index contributed by atoms with van der Waals surface area (Å²) in [5.41, 5.74) is 4.59. The number of aromatic nitrogens is 2. The highest BCUT2D eigenvalue weighted by Gasteiger charge is 2.17. The molecule has 0 aliphatic carbocycles. The molecule has 4 rings (SSSR count). The van der Waals surface area contributed by atoms with Crippen LogP contribution in [0, 0.1) is 11.6 Å². The first-order chi connectivity index (χ1) is 12.2. The number of halogens is 2. The SMILES string of the molecule is Fc1ccc(F)c(C2=CCNCc3cc(-c4cccnn4)ccc32)c1. The van der Waals surface area contributed by atoms with E-state index in [4.69, 9.17) is 0 Å². The average Bonchev–Trinajstić information content (AvgIpc) is 2.86. The first-order valence-corrected chi connectivity index (χ1v) is 8.00. The van der Waals surface area contributed by atoms with Gasteiger partial charge in [0.2, 0.25) is 0 Å². The molecule has 0 amide bonds. The molecule has 0 fully saturated rings. The minimum Gasteiger partial charge on any atom is -0.309 e. The van der Waals surface area contributed by atoms with Crippen LogP contribution in [0.5, 0.6) is 0 Å². The highest BCUT2D eigenvalue weighted by molar-refractivity contribution is 5.83. The van der Waals surface area contributed by atoms with Gasteiger partial charge in [0.25, 0.3) is 0 Å². The molecule has 0 bridgehead atoms. The maximum Gasteiger partial charge on any atom is 0.131 e. The van der Waals surface area contributed by atoms with Crippen LogP contribution in [0.1, 0.15) is 16.7 Å². The fourth-order valence-electron chi connectivity index (χ4n) is 3.07. The van der Waals surface area contributed by atoms with Gasteiger partial charge in [-0.3, -0.25) is 0 Å². The molecule has 3 nitrogen and oxygen atoms in total. The first kappa shape index (κ1) is 15.6. The van der Waals surface area contributed by atoms with Crippen LogP contribution in [-0.2, 0) is 6.54 Å². The Kier molecular flexibility index (Phi) is 4.07. The van der Waals surface area contributed by atoms with Crippen LogP contribution < -0.4 is 5.32 Å². The molecule has 2 aromatic carbocycles. The number of rotatable bonds is 2. The Morgan fingerprint density at radius 2 is 1.88 bits per heavy atom. The molecule has 3 aromatic rings. The highest BCUT2D eigenvalue weighted by atomic mass is 19.1. The van der Waals surface area contributed by atoms with E-state index in [2.05, 4.69) is 15.5 Å². The molecule has 1 N–H and O–H groups in total. The lowest BCUT2D eigenvalue weighted by molar-refractivity contribution is 0.597. The van der Waals surface area contributed by atoms with Crippen molar-refractivity contribution in [1.82, 2.24) is 15.5 Å². The van der Waals surface area contributed by atoms with Gasteiger partial charge in [-0.05, 0) is 53.1 Å². The molecule has 124 valence electrons. The molecule has 0 unspecified atom stereocenters. The summed E-state index contributed by atoms with van der Waals surface area (Å²) >= 11 is 0. The predicted octanol–water partition coefficient (Wildman–Crippen LogP) is 3.96. The van der Waals surface area contributed by atoms with E-state index in [0.717, 1.165) is 34.5 Å². The molecule has 1 aromatic heterocycles. The van der Waals surface area contributed by atoms with Crippen LogP contribution in [0.2, 0.25) is 0 Å². The van der Waals surface area contributed by atoms with Gasteiger partial charge in [-0.2, -0.15) is 10.2 Å². The van der Waals surface area contributed by atoms with E-state index in [-0.39, 0.29) is 5.56 Å². The summed E-state index contributed by atoms with van der Waals surface area (Å²) in [6.45, 7) is 1.22. The van der Waals surface area contributed by atoms with Crippen LogP contribution in [0.4, 0.5) is 8.78 Å². The van der Waals surface area contributed by atoms with Gasteiger partial charge in [-0.1, -0.05) is 18.2 Å². The zero-order valence-corrected chi connectivity index (χ0v) is 13.3. The molecule has 0 spiro atoms. The summed E-state index contributed by atoms with van der Waals surface area (Å²) in [5, 5.41) is 11.3. The van der Waals surface area contributed by atoms with Gasteiger partial charge in [0.1, 0.15) is 11.6 Å². The quantitative estimate of drug-likeness (QED) is 0.770. The summed E-state index contributed by atoms with van der Waals surface area (Å²) in [7, 11) is 0. The normalized spacial score (nSPS) is 13.8. The van der Waals surface area contributed by atoms with Crippen molar-refractivity contribution in [3.8, 4) is 11.3 Å². The maximum atomic E-state index is 14.3. The monoisotopic (exact) mass is 335 g/mol. The molecule has 0 radical (unpaired) electrons.